The minimum atomic E-state index is -4.37. The number of thiocarbonyl (C=S) groups is 1. The lowest BCUT2D eigenvalue weighted by Crippen LogP contribution is -2.36. The predicted molar refractivity (Wildman–Crippen MR) is 136 cm³/mol. The number of amides is 1. The Bertz CT molecular complexity index is 1290. The van der Waals surface area contributed by atoms with E-state index < -0.39 is 5.51 Å². The molecule has 0 bridgehead atoms. The summed E-state index contributed by atoms with van der Waals surface area (Å²) in [5.41, 5.74) is -2.64. The molecule has 2 unspecified atom stereocenters. The summed E-state index contributed by atoms with van der Waals surface area (Å²) in [5.74, 6) is 1.52. The highest BCUT2D eigenvalue weighted by Crippen LogP contribution is 2.49. The van der Waals surface area contributed by atoms with Gasteiger partial charge in [-0.2, -0.15) is 13.2 Å². The van der Waals surface area contributed by atoms with Gasteiger partial charge < -0.3 is 4.74 Å². The van der Waals surface area contributed by atoms with Crippen LogP contribution in [0.1, 0.15) is 18.4 Å². The van der Waals surface area contributed by atoms with Crippen molar-refractivity contribution in [3.05, 3.63) is 90.0 Å². The minimum absolute atomic E-state index is 0.0820. The number of rotatable bonds is 5. The molecule has 8 heteroatoms. The van der Waals surface area contributed by atoms with E-state index >= 15 is 0 Å². The Hall–Kier alpha value is -3.10. The van der Waals surface area contributed by atoms with E-state index in [-0.39, 0.29) is 34.4 Å². The summed E-state index contributed by atoms with van der Waals surface area (Å²) in [5, 5.41) is 0. The summed E-state index contributed by atoms with van der Waals surface area (Å²) in [4.78, 5) is 15.8. The second kappa shape index (κ2) is 9.51. The highest BCUT2D eigenvalue weighted by molar-refractivity contribution is 8.00. The van der Waals surface area contributed by atoms with Gasteiger partial charge in [-0.05, 0) is 90.7 Å². The van der Waals surface area contributed by atoms with Gasteiger partial charge in [0.15, 0.2) is 0 Å². The van der Waals surface area contributed by atoms with Crippen molar-refractivity contribution in [2.45, 2.75) is 23.2 Å². The van der Waals surface area contributed by atoms with E-state index in [4.69, 9.17) is 17.0 Å². The normalized spacial score (nSPS) is 21.0. The fourth-order valence-corrected chi connectivity index (χ4v) is 5.30. The van der Waals surface area contributed by atoms with Crippen molar-refractivity contribution in [3.63, 3.8) is 0 Å². The molecule has 3 aromatic rings. The van der Waals surface area contributed by atoms with Crippen molar-refractivity contribution in [1.82, 2.24) is 0 Å². The Kier molecular flexibility index (Phi) is 6.42. The summed E-state index contributed by atoms with van der Waals surface area (Å²) in [6.07, 6.45) is 3.14. The molecule has 0 N–H and O–H groups in total. The van der Waals surface area contributed by atoms with Crippen molar-refractivity contribution in [2.75, 3.05) is 4.90 Å². The minimum Gasteiger partial charge on any atom is -0.457 e. The number of benzene rings is 3. The van der Waals surface area contributed by atoms with Crippen molar-refractivity contribution in [2.24, 2.45) is 11.8 Å². The second-order valence-corrected chi connectivity index (χ2v) is 10.0. The van der Waals surface area contributed by atoms with Crippen LogP contribution in [0, 0.1) is 11.8 Å². The van der Waals surface area contributed by atoms with Gasteiger partial charge >= 0.3 is 5.51 Å². The van der Waals surface area contributed by atoms with Gasteiger partial charge in [-0.3, -0.25) is 9.69 Å². The molecular weight excluding hydrogens is 491 g/mol. The summed E-state index contributed by atoms with van der Waals surface area (Å²) < 4.78 is 44.2. The van der Waals surface area contributed by atoms with Gasteiger partial charge in [0.25, 0.3) is 5.91 Å². The third-order valence-electron chi connectivity index (χ3n) is 5.93. The van der Waals surface area contributed by atoms with E-state index in [1.807, 2.05) is 30.3 Å². The zero-order chi connectivity index (χ0) is 24.6. The van der Waals surface area contributed by atoms with Crippen LogP contribution >= 0.6 is 24.0 Å². The number of ether oxygens (including phenoxy) is 1. The molecule has 3 aromatic carbocycles. The first-order valence-electron chi connectivity index (χ1n) is 11.0. The van der Waals surface area contributed by atoms with Crippen LogP contribution in [0.3, 0.4) is 0 Å². The number of carbonyl (C=O) groups is 1. The number of thioether (sulfide) groups is 1. The number of alkyl halides is 3. The molecule has 1 saturated heterocycles. The summed E-state index contributed by atoms with van der Waals surface area (Å²) in [7, 11) is 0. The van der Waals surface area contributed by atoms with Crippen LogP contribution in [0.15, 0.2) is 89.3 Å². The van der Waals surface area contributed by atoms with Crippen LogP contribution in [0.4, 0.5) is 18.9 Å². The molecule has 35 heavy (non-hydrogen) atoms. The summed E-state index contributed by atoms with van der Waals surface area (Å²) in [6, 6.07) is 22.7. The zero-order valence-corrected chi connectivity index (χ0v) is 20.0. The molecule has 5 rings (SSSR count). The van der Waals surface area contributed by atoms with E-state index in [9.17, 15) is 18.0 Å². The fourth-order valence-electron chi connectivity index (χ4n) is 4.21. The van der Waals surface area contributed by atoms with E-state index in [1.165, 1.54) is 12.1 Å². The fraction of sp³-hybridized carbons (Fsp3) is 0.185. The quantitative estimate of drug-likeness (QED) is 0.198. The van der Waals surface area contributed by atoms with E-state index in [1.54, 1.807) is 47.4 Å². The van der Waals surface area contributed by atoms with Gasteiger partial charge in [-0.15, -0.1) is 0 Å². The number of anilines is 1. The van der Waals surface area contributed by atoms with Gasteiger partial charge in [0.1, 0.15) is 11.5 Å². The Morgan fingerprint density at radius 3 is 2.40 bits per heavy atom. The van der Waals surface area contributed by atoms with Gasteiger partial charge in [0, 0.05) is 22.1 Å². The van der Waals surface area contributed by atoms with Gasteiger partial charge in [0.05, 0.1) is 4.99 Å². The molecule has 1 heterocycles. The number of fused-ring (bicyclic) bond motifs is 1. The molecule has 1 aliphatic heterocycles. The van der Waals surface area contributed by atoms with Crippen LogP contribution in [0.5, 0.6) is 11.5 Å². The molecular formula is C27H20F3NO2S2. The largest absolute Gasteiger partial charge is 0.457 e. The molecule has 3 nitrogen and oxygen atoms in total. The molecule has 1 saturated carbocycles. The first-order chi connectivity index (χ1) is 16.8. The van der Waals surface area contributed by atoms with Crippen LogP contribution in [-0.2, 0) is 4.79 Å². The van der Waals surface area contributed by atoms with E-state index in [2.05, 4.69) is 0 Å². The number of hydrogen-bond acceptors (Lipinski definition) is 4. The van der Waals surface area contributed by atoms with E-state index in [0.29, 0.717) is 39.7 Å². The lowest BCUT2D eigenvalue weighted by atomic mass is 10.0. The highest BCUT2D eigenvalue weighted by atomic mass is 32.2. The average Bonchev–Trinajstić information content (AvgIpc) is 3.59. The van der Waals surface area contributed by atoms with Crippen molar-refractivity contribution < 1.29 is 22.7 Å². The number of para-hydroxylation sites is 1. The Morgan fingerprint density at radius 1 is 0.971 bits per heavy atom. The predicted octanol–water partition coefficient (Wildman–Crippen LogP) is 7.87. The third kappa shape index (κ3) is 5.60. The van der Waals surface area contributed by atoms with Gasteiger partial charge in [-0.1, -0.05) is 42.5 Å². The number of hydrogen-bond donors (Lipinski definition) is 0. The number of halogens is 3. The summed E-state index contributed by atoms with van der Waals surface area (Å²) >= 11 is 5.52. The molecule has 2 atom stereocenters. The van der Waals surface area contributed by atoms with Crippen molar-refractivity contribution >= 4 is 46.6 Å². The maximum absolute atomic E-state index is 13.6. The highest BCUT2D eigenvalue weighted by Gasteiger charge is 2.48. The van der Waals surface area contributed by atoms with Crippen molar-refractivity contribution in [3.8, 4) is 11.5 Å². The Labute approximate surface area is 210 Å². The third-order valence-corrected chi connectivity index (χ3v) is 7.13. The number of nitrogens with zero attached hydrogens (tertiary/aromatic N) is 1. The molecule has 178 valence electrons. The summed E-state index contributed by atoms with van der Waals surface area (Å²) in [6.45, 7) is 0. The second-order valence-electron chi connectivity index (χ2n) is 8.48. The molecule has 1 amide bonds. The van der Waals surface area contributed by atoms with Crippen LogP contribution in [-0.4, -0.2) is 16.4 Å². The average molecular weight is 512 g/mol. The molecule has 2 aliphatic rings. The first kappa shape index (κ1) is 23.6. The SMILES string of the molecule is O=C1/C(=C/c2cccc(SC(F)(F)F)c2)CC2CC2C(=S)N1c1ccc(Oc2ccccc2)cc1. The molecule has 2 fully saturated rings. The smallest absolute Gasteiger partial charge is 0.446 e. The maximum atomic E-state index is 13.6. The van der Waals surface area contributed by atoms with Crippen LogP contribution < -0.4 is 9.64 Å². The lowest BCUT2D eigenvalue weighted by molar-refractivity contribution is -0.114. The molecule has 1 aliphatic carbocycles. The van der Waals surface area contributed by atoms with Crippen molar-refractivity contribution in [1.29, 1.82) is 0 Å². The van der Waals surface area contributed by atoms with Gasteiger partial charge in [-0.25, -0.2) is 0 Å². The zero-order valence-electron chi connectivity index (χ0n) is 18.4. The van der Waals surface area contributed by atoms with Gasteiger partial charge in [0.2, 0.25) is 0 Å². The van der Waals surface area contributed by atoms with Crippen LogP contribution in [0.25, 0.3) is 6.08 Å². The maximum Gasteiger partial charge on any atom is 0.446 e. The Balaban J connectivity index is 1.41. The monoisotopic (exact) mass is 511 g/mol. The van der Waals surface area contributed by atoms with E-state index in [0.717, 1.165) is 6.42 Å². The van der Waals surface area contributed by atoms with Crippen LogP contribution in [0.2, 0.25) is 0 Å². The molecule has 0 spiro atoms. The Morgan fingerprint density at radius 2 is 1.69 bits per heavy atom. The topological polar surface area (TPSA) is 29.5 Å². The lowest BCUT2D eigenvalue weighted by Gasteiger charge is -2.23. The first-order valence-corrected chi connectivity index (χ1v) is 12.3. The standard InChI is InChI=1S/C27H20F3NO2S2/c28-27(29,30)35-23-8-4-5-17(14-23)13-19-15-18-16-24(18)26(34)31(25(19)32)20-9-11-22(12-10-20)33-21-6-2-1-3-7-21/h1-14,18,24H,15-16H2/b19-13+. The molecule has 0 aromatic heterocycles. The number of carbonyl (C=O) groups excluding carboxylic acids is 1. The molecule has 0 radical (unpaired) electrons.